The SMILES string of the molecule is Bc1c(F)c(-c2cccc(CN3CCN(C)CC3)c2)c(F)c(F)c1-c1cc(C=O)c2c(c1)N2. The molecule has 2 aliphatic heterocycles. The summed E-state index contributed by atoms with van der Waals surface area (Å²) >= 11 is 0. The van der Waals surface area contributed by atoms with Gasteiger partial charge in [0.05, 0.1) is 16.9 Å². The minimum absolute atomic E-state index is 0.00539. The minimum atomic E-state index is -1.23. The van der Waals surface area contributed by atoms with E-state index in [2.05, 4.69) is 22.2 Å². The third-order valence-electron chi connectivity index (χ3n) is 6.55. The third-order valence-corrected chi connectivity index (χ3v) is 6.55. The number of carbonyl (C=O) groups excluding carboxylic acids is 1. The van der Waals surface area contributed by atoms with Gasteiger partial charge in [0, 0.05) is 43.9 Å². The van der Waals surface area contributed by atoms with E-state index >= 15 is 13.2 Å². The number of nitrogens with one attached hydrogen (secondary N) is 1. The lowest BCUT2D eigenvalue weighted by Gasteiger charge is -2.32. The Labute approximate surface area is 191 Å². The number of carbonyl (C=O) groups is 1. The number of nitrogens with zero attached hydrogens (tertiary/aromatic N) is 2. The van der Waals surface area contributed by atoms with Gasteiger partial charge in [-0.25, -0.2) is 13.2 Å². The molecule has 0 atom stereocenters. The van der Waals surface area contributed by atoms with Crippen LogP contribution in [0.4, 0.5) is 24.5 Å². The summed E-state index contributed by atoms with van der Waals surface area (Å²) in [5, 5.41) is 2.92. The molecule has 5 rings (SSSR count). The number of benzene rings is 3. The van der Waals surface area contributed by atoms with Gasteiger partial charge >= 0.3 is 0 Å². The molecule has 1 fully saturated rings. The number of anilines is 2. The first kappa shape index (κ1) is 21.7. The summed E-state index contributed by atoms with van der Waals surface area (Å²) in [6, 6.07) is 10.0. The van der Waals surface area contributed by atoms with Crippen LogP contribution in [0, 0.1) is 17.5 Å². The molecule has 1 N–H and O–H groups in total. The Balaban J connectivity index is 1.53. The second kappa shape index (κ2) is 8.35. The molecular weight excluding hydrogens is 426 g/mol. The lowest BCUT2D eigenvalue weighted by atomic mass is 9.82. The number of rotatable bonds is 5. The van der Waals surface area contributed by atoms with Crippen molar-refractivity contribution < 1.29 is 18.0 Å². The highest BCUT2D eigenvalue weighted by atomic mass is 19.2. The van der Waals surface area contributed by atoms with Crippen LogP contribution >= 0.6 is 0 Å². The van der Waals surface area contributed by atoms with Crippen LogP contribution in [0.3, 0.4) is 0 Å². The van der Waals surface area contributed by atoms with E-state index in [-0.39, 0.29) is 22.2 Å². The predicted octanol–water partition coefficient (Wildman–Crippen LogP) is 3.31. The second-order valence-electron chi connectivity index (χ2n) is 8.83. The van der Waals surface area contributed by atoms with E-state index < -0.39 is 17.5 Å². The van der Waals surface area contributed by atoms with Crippen molar-refractivity contribution in [1.82, 2.24) is 9.80 Å². The molecule has 4 nitrogen and oxygen atoms in total. The van der Waals surface area contributed by atoms with Crippen LogP contribution in [-0.2, 0) is 6.54 Å². The van der Waals surface area contributed by atoms with Crippen molar-refractivity contribution in [3.63, 3.8) is 0 Å². The second-order valence-corrected chi connectivity index (χ2v) is 8.83. The lowest BCUT2D eigenvalue weighted by molar-refractivity contribution is 0.112. The summed E-state index contributed by atoms with van der Waals surface area (Å²) in [5.41, 5.74) is 2.64. The number of hydrogen-bond acceptors (Lipinski definition) is 4. The van der Waals surface area contributed by atoms with E-state index in [1.807, 2.05) is 6.07 Å². The molecule has 8 heteroatoms. The summed E-state index contributed by atoms with van der Waals surface area (Å²) in [4.78, 5) is 15.8. The molecule has 0 aromatic heterocycles. The molecule has 3 aromatic carbocycles. The molecule has 0 unspecified atom stereocenters. The molecule has 3 aromatic rings. The Morgan fingerprint density at radius 2 is 1.70 bits per heavy atom. The molecule has 2 heterocycles. The van der Waals surface area contributed by atoms with Crippen LogP contribution in [0.25, 0.3) is 22.3 Å². The third kappa shape index (κ3) is 3.94. The van der Waals surface area contributed by atoms with E-state index in [4.69, 9.17) is 0 Å². The van der Waals surface area contributed by atoms with Gasteiger partial charge in [-0.1, -0.05) is 18.2 Å². The van der Waals surface area contributed by atoms with Crippen LogP contribution in [0.15, 0.2) is 36.4 Å². The molecule has 0 saturated carbocycles. The normalized spacial score (nSPS) is 15.8. The van der Waals surface area contributed by atoms with Crippen LogP contribution in [0.2, 0.25) is 0 Å². The largest absolute Gasteiger partial charge is 0.352 e. The summed E-state index contributed by atoms with van der Waals surface area (Å²) in [5.74, 6) is -3.15. The van der Waals surface area contributed by atoms with E-state index in [1.54, 1.807) is 24.3 Å². The van der Waals surface area contributed by atoms with Crippen molar-refractivity contribution in [3.05, 3.63) is 65.0 Å². The number of halogens is 3. The summed E-state index contributed by atoms with van der Waals surface area (Å²) in [6.07, 6.45) is 0.641. The van der Waals surface area contributed by atoms with Crippen molar-refractivity contribution in [2.75, 3.05) is 38.5 Å². The Morgan fingerprint density at radius 1 is 0.970 bits per heavy atom. The number of hydrogen-bond donors (Lipinski definition) is 1. The van der Waals surface area contributed by atoms with Gasteiger partial charge in [-0.15, -0.1) is 0 Å². The smallest absolute Gasteiger partial charge is 0.170 e. The zero-order chi connectivity index (χ0) is 23.3. The van der Waals surface area contributed by atoms with E-state index in [0.717, 1.165) is 31.7 Å². The number of piperazine rings is 1. The monoisotopic (exact) mass is 449 g/mol. The predicted molar refractivity (Wildman–Crippen MR) is 127 cm³/mol. The van der Waals surface area contributed by atoms with Gasteiger partial charge in [0.2, 0.25) is 0 Å². The summed E-state index contributed by atoms with van der Waals surface area (Å²) in [6.45, 7) is 4.45. The van der Waals surface area contributed by atoms with Crippen LogP contribution < -0.4 is 10.8 Å². The van der Waals surface area contributed by atoms with Crippen molar-refractivity contribution in [2.45, 2.75) is 6.54 Å². The van der Waals surface area contributed by atoms with Crippen molar-refractivity contribution >= 4 is 31.0 Å². The Kier molecular flexibility index (Phi) is 5.50. The molecule has 168 valence electrons. The zero-order valence-electron chi connectivity index (χ0n) is 18.5. The van der Waals surface area contributed by atoms with E-state index in [0.29, 0.717) is 35.3 Å². The van der Waals surface area contributed by atoms with Gasteiger partial charge in [-0.05, 0) is 47.4 Å². The maximum absolute atomic E-state index is 15.5. The highest BCUT2D eigenvalue weighted by Gasteiger charge is 2.28. The van der Waals surface area contributed by atoms with E-state index in [9.17, 15) is 4.79 Å². The number of likely N-dealkylation sites (N-methyl/N-ethyl adjacent to an activating group) is 1. The Morgan fingerprint density at radius 3 is 2.42 bits per heavy atom. The van der Waals surface area contributed by atoms with Crippen molar-refractivity contribution in [2.24, 2.45) is 0 Å². The highest BCUT2D eigenvalue weighted by Crippen LogP contribution is 2.45. The van der Waals surface area contributed by atoms with Gasteiger partial charge in [0.25, 0.3) is 0 Å². The van der Waals surface area contributed by atoms with Gasteiger partial charge in [0.1, 0.15) is 13.7 Å². The molecule has 33 heavy (non-hydrogen) atoms. The quantitative estimate of drug-likeness (QED) is 0.220. The first-order valence-electron chi connectivity index (χ1n) is 10.9. The molecule has 0 aliphatic carbocycles. The first-order valence-corrected chi connectivity index (χ1v) is 10.9. The van der Waals surface area contributed by atoms with Crippen LogP contribution in [0.1, 0.15) is 15.9 Å². The van der Waals surface area contributed by atoms with Crippen molar-refractivity contribution in [3.8, 4) is 22.3 Å². The topological polar surface area (TPSA) is 45.5 Å². The van der Waals surface area contributed by atoms with Gasteiger partial charge in [0.15, 0.2) is 17.9 Å². The molecular formula is C25H23BF3N3O. The molecule has 1 saturated heterocycles. The molecule has 2 aliphatic rings. The van der Waals surface area contributed by atoms with Crippen molar-refractivity contribution in [1.29, 1.82) is 0 Å². The average Bonchev–Trinajstić information content (AvgIpc) is 3.59. The number of aldehydes is 1. The van der Waals surface area contributed by atoms with Crippen LogP contribution in [-0.4, -0.2) is 57.2 Å². The molecule has 0 radical (unpaired) electrons. The van der Waals surface area contributed by atoms with Gasteiger partial charge in [-0.3, -0.25) is 9.69 Å². The minimum Gasteiger partial charge on any atom is -0.352 e. The maximum Gasteiger partial charge on any atom is 0.170 e. The highest BCUT2D eigenvalue weighted by molar-refractivity contribution is 6.36. The lowest BCUT2D eigenvalue weighted by Crippen LogP contribution is -2.43. The fourth-order valence-electron chi connectivity index (χ4n) is 4.58. The standard InChI is InChI=1S/C25H23BF3N3O/c1-31-5-7-32(8-6-31)12-14-3-2-4-15(9-14)20-22(27)21(26)19(23(28)24(20)29)16-10-17(13-33)25-18(11-16)30-25/h2-4,9-11,13,30H,5-8,12,26H2,1H3. The maximum atomic E-state index is 15.5. The fraction of sp³-hybridized carbons (Fsp3) is 0.240. The molecule has 0 amide bonds. The van der Waals surface area contributed by atoms with Crippen LogP contribution in [0.5, 0.6) is 0 Å². The Hall–Kier alpha value is -3.10. The average molecular weight is 449 g/mol. The first-order chi connectivity index (χ1) is 15.9. The van der Waals surface area contributed by atoms with E-state index in [1.165, 1.54) is 13.9 Å². The zero-order valence-corrected chi connectivity index (χ0v) is 18.5. The molecule has 0 bridgehead atoms. The summed E-state index contributed by atoms with van der Waals surface area (Å²) < 4.78 is 46.1. The summed E-state index contributed by atoms with van der Waals surface area (Å²) in [7, 11) is 3.52. The van der Waals surface area contributed by atoms with Gasteiger partial charge < -0.3 is 10.2 Å². The fourth-order valence-corrected chi connectivity index (χ4v) is 4.58. The molecule has 0 spiro atoms. The number of fused-ring (bicyclic) bond motifs is 1. The van der Waals surface area contributed by atoms with Gasteiger partial charge in [-0.2, -0.15) is 0 Å². The Bertz CT molecular complexity index is 1240.